The molecule has 0 unspecified atom stereocenters. The van der Waals surface area contributed by atoms with Crippen molar-refractivity contribution in [2.75, 3.05) is 6.61 Å². The summed E-state index contributed by atoms with van der Waals surface area (Å²) in [6.07, 6.45) is 4.97. The summed E-state index contributed by atoms with van der Waals surface area (Å²) >= 11 is 0. The molecular formula is C14H23NO. The SMILES string of the molecule is CCCCCCOc1ccc([C@@H](C)N)cc1. The van der Waals surface area contributed by atoms with Crippen molar-refractivity contribution in [1.29, 1.82) is 0 Å². The fourth-order valence-electron chi connectivity index (χ4n) is 1.59. The minimum absolute atomic E-state index is 0.0959. The van der Waals surface area contributed by atoms with E-state index >= 15 is 0 Å². The molecular weight excluding hydrogens is 198 g/mol. The second-order valence-electron chi connectivity index (χ2n) is 4.27. The third-order valence-corrected chi connectivity index (χ3v) is 2.67. The van der Waals surface area contributed by atoms with E-state index in [1.807, 2.05) is 31.2 Å². The Hall–Kier alpha value is -1.02. The fourth-order valence-corrected chi connectivity index (χ4v) is 1.59. The first-order valence-electron chi connectivity index (χ1n) is 6.22. The van der Waals surface area contributed by atoms with Crippen LogP contribution in [0.3, 0.4) is 0 Å². The topological polar surface area (TPSA) is 35.2 Å². The van der Waals surface area contributed by atoms with Gasteiger partial charge in [0.25, 0.3) is 0 Å². The number of rotatable bonds is 7. The molecule has 1 aromatic rings. The lowest BCUT2D eigenvalue weighted by atomic mass is 10.1. The highest BCUT2D eigenvalue weighted by Gasteiger charge is 1.99. The van der Waals surface area contributed by atoms with Crippen molar-refractivity contribution in [1.82, 2.24) is 0 Å². The molecule has 2 nitrogen and oxygen atoms in total. The van der Waals surface area contributed by atoms with Crippen molar-refractivity contribution in [3.05, 3.63) is 29.8 Å². The Kier molecular flexibility index (Phi) is 5.94. The number of nitrogens with two attached hydrogens (primary N) is 1. The lowest BCUT2D eigenvalue weighted by Crippen LogP contribution is -2.04. The first-order valence-corrected chi connectivity index (χ1v) is 6.22. The van der Waals surface area contributed by atoms with Crippen LogP contribution >= 0.6 is 0 Å². The summed E-state index contributed by atoms with van der Waals surface area (Å²) in [5, 5.41) is 0. The standard InChI is InChI=1S/C14H23NO/c1-3-4-5-6-11-16-14-9-7-13(8-10-14)12(2)15/h7-10,12H,3-6,11,15H2,1-2H3/t12-/m1/s1. The number of hydrogen-bond acceptors (Lipinski definition) is 2. The minimum Gasteiger partial charge on any atom is -0.494 e. The summed E-state index contributed by atoms with van der Waals surface area (Å²) in [5.74, 6) is 0.945. The molecule has 1 aromatic carbocycles. The average Bonchev–Trinajstić information content (AvgIpc) is 2.29. The maximum Gasteiger partial charge on any atom is 0.119 e. The zero-order valence-corrected chi connectivity index (χ0v) is 10.4. The summed E-state index contributed by atoms with van der Waals surface area (Å²) in [5.41, 5.74) is 6.93. The number of benzene rings is 1. The molecule has 1 atom stereocenters. The van der Waals surface area contributed by atoms with Gasteiger partial charge in [-0.1, -0.05) is 38.3 Å². The normalized spacial score (nSPS) is 12.4. The van der Waals surface area contributed by atoms with Crippen LogP contribution in [0.1, 0.15) is 51.1 Å². The predicted molar refractivity (Wildman–Crippen MR) is 68.7 cm³/mol. The average molecular weight is 221 g/mol. The molecule has 1 rings (SSSR count). The first kappa shape index (κ1) is 13.0. The molecule has 90 valence electrons. The highest BCUT2D eigenvalue weighted by Crippen LogP contribution is 2.16. The van der Waals surface area contributed by atoms with Crippen molar-refractivity contribution < 1.29 is 4.74 Å². The maximum atomic E-state index is 5.78. The van der Waals surface area contributed by atoms with Crippen LogP contribution < -0.4 is 10.5 Å². The second kappa shape index (κ2) is 7.29. The van der Waals surface area contributed by atoms with Gasteiger partial charge in [-0.15, -0.1) is 0 Å². The largest absolute Gasteiger partial charge is 0.494 e. The Balaban J connectivity index is 2.27. The molecule has 16 heavy (non-hydrogen) atoms. The van der Waals surface area contributed by atoms with E-state index in [0.717, 1.165) is 24.3 Å². The van der Waals surface area contributed by atoms with E-state index in [9.17, 15) is 0 Å². The van der Waals surface area contributed by atoms with E-state index in [2.05, 4.69) is 6.92 Å². The van der Waals surface area contributed by atoms with Gasteiger partial charge < -0.3 is 10.5 Å². The van der Waals surface area contributed by atoms with Gasteiger partial charge in [0.2, 0.25) is 0 Å². The third-order valence-electron chi connectivity index (χ3n) is 2.67. The quantitative estimate of drug-likeness (QED) is 0.713. The van der Waals surface area contributed by atoms with Crippen molar-refractivity contribution in [2.24, 2.45) is 5.73 Å². The van der Waals surface area contributed by atoms with E-state index in [0.29, 0.717) is 0 Å². The summed E-state index contributed by atoms with van der Waals surface area (Å²) in [6.45, 7) is 5.02. The maximum absolute atomic E-state index is 5.78. The second-order valence-corrected chi connectivity index (χ2v) is 4.27. The fraction of sp³-hybridized carbons (Fsp3) is 0.571. The minimum atomic E-state index is 0.0959. The number of ether oxygens (including phenoxy) is 1. The highest BCUT2D eigenvalue weighted by atomic mass is 16.5. The summed E-state index contributed by atoms with van der Waals surface area (Å²) in [6, 6.07) is 8.16. The Morgan fingerprint density at radius 3 is 2.38 bits per heavy atom. The monoisotopic (exact) mass is 221 g/mol. The predicted octanol–water partition coefficient (Wildman–Crippen LogP) is 3.67. The van der Waals surface area contributed by atoms with E-state index in [1.165, 1.54) is 19.3 Å². The molecule has 0 saturated carbocycles. The summed E-state index contributed by atoms with van der Waals surface area (Å²) in [4.78, 5) is 0. The molecule has 0 amide bonds. The van der Waals surface area contributed by atoms with Crippen LogP contribution in [0.2, 0.25) is 0 Å². The smallest absolute Gasteiger partial charge is 0.119 e. The van der Waals surface area contributed by atoms with Gasteiger partial charge in [0.05, 0.1) is 6.61 Å². The van der Waals surface area contributed by atoms with E-state index in [4.69, 9.17) is 10.5 Å². The van der Waals surface area contributed by atoms with Crippen LogP contribution in [0, 0.1) is 0 Å². The molecule has 2 N–H and O–H groups in total. The van der Waals surface area contributed by atoms with Crippen molar-refractivity contribution in [3.63, 3.8) is 0 Å². The molecule has 0 bridgehead atoms. The molecule has 0 fully saturated rings. The van der Waals surface area contributed by atoms with Crippen LogP contribution in [0.25, 0.3) is 0 Å². The number of hydrogen-bond donors (Lipinski definition) is 1. The Labute approximate surface area is 98.8 Å². The molecule has 0 saturated heterocycles. The molecule has 0 radical (unpaired) electrons. The molecule has 0 aliphatic carbocycles. The highest BCUT2D eigenvalue weighted by molar-refractivity contribution is 5.28. The van der Waals surface area contributed by atoms with Gasteiger partial charge in [0.1, 0.15) is 5.75 Å². The van der Waals surface area contributed by atoms with Gasteiger partial charge in [-0.05, 0) is 31.0 Å². The molecule has 0 heterocycles. The zero-order valence-electron chi connectivity index (χ0n) is 10.4. The van der Waals surface area contributed by atoms with Crippen LogP contribution in [-0.2, 0) is 0 Å². The molecule has 2 heteroatoms. The molecule has 0 aliphatic heterocycles. The lowest BCUT2D eigenvalue weighted by molar-refractivity contribution is 0.305. The Morgan fingerprint density at radius 1 is 1.12 bits per heavy atom. The third kappa shape index (κ3) is 4.67. The first-order chi connectivity index (χ1) is 7.74. The van der Waals surface area contributed by atoms with Crippen LogP contribution in [-0.4, -0.2) is 6.61 Å². The van der Waals surface area contributed by atoms with Gasteiger partial charge in [0, 0.05) is 6.04 Å². The Morgan fingerprint density at radius 2 is 1.81 bits per heavy atom. The van der Waals surface area contributed by atoms with Crippen molar-refractivity contribution in [3.8, 4) is 5.75 Å². The van der Waals surface area contributed by atoms with Gasteiger partial charge in [-0.2, -0.15) is 0 Å². The molecule has 0 spiro atoms. The number of unbranched alkanes of at least 4 members (excludes halogenated alkanes) is 3. The summed E-state index contributed by atoms with van der Waals surface area (Å²) < 4.78 is 5.65. The van der Waals surface area contributed by atoms with Gasteiger partial charge in [-0.3, -0.25) is 0 Å². The van der Waals surface area contributed by atoms with E-state index in [1.54, 1.807) is 0 Å². The van der Waals surface area contributed by atoms with Crippen LogP contribution in [0.5, 0.6) is 5.75 Å². The van der Waals surface area contributed by atoms with Gasteiger partial charge >= 0.3 is 0 Å². The van der Waals surface area contributed by atoms with Crippen LogP contribution in [0.15, 0.2) is 24.3 Å². The van der Waals surface area contributed by atoms with Crippen molar-refractivity contribution in [2.45, 2.75) is 45.6 Å². The van der Waals surface area contributed by atoms with Gasteiger partial charge in [0.15, 0.2) is 0 Å². The van der Waals surface area contributed by atoms with Crippen LogP contribution in [0.4, 0.5) is 0 Å². The molecule has 0 aromatic heterocycles. The van der Waals surface area contributed by atoms with E-state index in [-0.39, 0.29) is 6.04 Å². The van der Waals surface area contributed by atoms with Crippen molar-refractivity contribution >= 4 is 0 Å². The lowest BCUT2D eigenvalue weighted by Gasteiger charge is -2.08. The Bertz CT molecular complexity index is 279. The van der Waals surface area contributed by atoms with Gasteiger partial charge in [-0.25, -0.2) is 0 Å². The molecule has 0 aliphatic rings. The summed E-state index contributed by atoms with van der Waals surface area (Å²) in [7, 11) is 0. The van der Waals surface area contributed by atoms with E-state index < -0.39 is 0 Å². The zero-order chi connectivity index (χ0) is 11.8.